The van der Waals surface area contributed by atoms with Crippen LogP contribution in [0.25, 0.3) is 0 Å². The van der Waals surface area contributed by atoms with Crippen LogP contribution in [-0.4, -0.2) is 23.7 Å². The molecule has 0 aromatic heterocycles. The summed E-state index contributed by atoms with van der Waals surface area (Å²) in [4.78, 5) is 10.1. The van der Waals surface area contributed by atoms with Crippen LogP contribution >= 0.6 is 0 Å². The molecule has 0 spiro atoms. The fraction of sp³-hybridized carbons (Fsp3) is 0.800. The first kappa shape index (κ1) is 10.1. The van der Waals surface area contributed by atoms with Gasteiger partial charge in [0.2, 0.25) is 0 Å². The van der Waals surface area contributed by atoms with Gasteiger partial charge in [0.05, 0.1) is 0 Å². The maximum absolute atomic E-state index is 10.1. The smallest absolute Gasteiger partial charge is 1.00 e. The molecule has 0 aromatic carbocycles. The van der Waals surface area contributed by atoms with E-state index in [-0.39, 0.29) is 58.9 Å². The van der Waals surface area contributed by atoms with Gasteiger partial charge in [-0.25, -0.2) is 0 Å². The molecular weight excluding hydrogens is 145 g/mol. The molecule has 48 valence electrons. The molecule has 0 radical (unpaired) electrons. The van der Waals surface area contributed by atoms with Crippen LogP contribution in [0, 0.1) is 0 Å². The van der Waals surface area contributed by atoms with Crippen molar-refractivity contribution in [1.82, 2.24) is 5.32 Å². The third kappa shape index (κ3) is 3.11. The van der Waals surface area contributed by atoms with Crippen molar-refractivity contribution in [2.45, 2.75) is 18.9 Å². The van der Waals surface area contributed by atoms with Crippen molar-refractivity contribution in [2.24, 2.45) is 0 Å². The van der Waals surface area contributed by atoms with E-state index >= 15 is 0 Å². The molecule has 1 aliphatic rings. The Balaban J connectivity index is 0. The summed E-state index contributed by atoms with van der Waals surface area (Å²) in [6, 6.07) is -0.269. The van der Waals surface area contributed by atoms with E-state index in [0.29, 0.717) is 0 Å². The van der Waals surface area contributed by atoms with Crippen LogP contribution in [0.4, 0.5) is 0 Å². The van der Waals surface area contributed by atoms with Gasteiger partial charge >= 0.3 is 57.4 Å². The van der Waals surface area contributed by atoms with Gasteiger partial charge in [0.1, 0.15) is 6.04 Å². The summed E-state index contributed by atoms with van der Waals surface area (Å²) in [7, 11) is 0. The number of aliphatic carboxylic acids is 1. The van der Waals surface area contributed by atoms with E-state index < -0.39 is 5.97 Å². The van der Waals surface area contributed by atoms with Gasteiger partial charge in [-0.05, 0) is 19.4 Å². The molecule has 1 fully saturated rings. The Bertz CT molecular complexity index is 106. The van der Waals surface area contributed by atoms with Crippen molar-refractivity contribution in [3.8, 4) is 0 Å². The first-order valence-corrected chi connectivity index (χ1v) is 2.77. The SMILES string of the molecule is O=C(O)C1CCCN1.[H-].[K+]. The Labute approximate surface area is 98.1 Å². The standard InChI is InChI=1S/C5H9NO2.K.H/c7-5(8)4-2-1-3-6-4;;/h4,6H,1-3H2,(H,7,8);;/q;+1;-1. The molecule has 0 bridgehead atoms. The Morgan fingerprint density at radius 1 is 1.78 bits per heavy atom. The van der Waals surface area contributed by atoms with E-state index in [1.54, 1.807) is 0 Å². The molecule has 1 unspecified atom stereocenters. The minimum atomic E-state index is -0.720. The zero-order valence-corrected chi connectivity index (χ0v) is 8.68. The van der Waals surface area contributed by atoms with Crippen LogP contribution in [0.2, 0.25) is 0 Å². The third-order valence-corrected chi connectivity index (χ3v) is 1.36. The summed E-state index contributed by atoms with van der Waals surface area (Å²) in [5.74, 6) is -0.720. The van der Waals surface area contributed by atoms with E-state index in [4.69, 9.17) is 5.11 Å². The molecule has 0 amide bonds. The van der Waals surface area contributed by atoms with Crippen molar-refractivity contribution in [2.75, 3.05) is 6.54 Å². The average Bonchev–Trinajstić information content (AvgIpc) is 2.12. The molecule has 1 rings (SSSR count). The topological polar surface area (TPSA) is 49.3 Å². The fourth-order valence-corrected chi connectivity index (χ4v) is 0.895. The molecule has 0 aromatic rings. The van der Waals surface area contributed by atoms with Crippen LogP contribution in [0.1, 0.15) is 14.3 Å². The zero-order chi connectivity index (χ0) is 5.98. The maximum Gasteiger partial charge on any atom is 1.00 e. The normalized spacial score (nSPS) is 25.1. The molecule has 0 aliphatic carbocycles. The first-order valence-electron chi connectivity index (χ1n) is 2.77. The van der Waals surface area contributed by atoms with Crippen molar-refractivity contribution >= 4 is 5.97 Å². The Kier molecular flexibility index (Phi) is 5.39. The largest absolute Gasteiger partial charge is 1.00 e. The van der Waals surface area contributed by atoms with Crippen molar-refractivity contribution in [3.63, 3.8) is 0 Å². The quantitative estimate of drug-likeness (QED) is 0.395. The summed E-state index contributed by atoms with van der Waals surface area (Å²) in [5.41, 5.74) is 0. The van der Waals surface area contributed by atoms with Crippen LogP contribution in [-0.2, 0) is 4.79 Å². The second-order valence-electron chi connectivity index (χ2n) is 1.99. The molecule has 1 aliphatic heterocycles. The second kappa shape index (κ2) is 4.82. The molecule has 9 heavy (non-hydrogen) atoms. The molecule has 1 heterocycles. The van der Waals surface area contributed by atoms with Gasteiger partial charge in [-0.15, -0.1) is 0 Å². The Morgan fingerprint density at radius 2 is 2.44 bits per heavy atom. The van der Waals surface area contributed by atoms with E-state index in [1.165, 1.54) is 0 Å². The zero-order valence-electron chi connectivity index (χ0n) is 6.55. The number of hydrogen-bond acceptors (Lipinski definition) is 2. The van der Waals surface area contributed by atoms with Crippen LogP contribution < -0.4 is 56.7 Å². The summed E-state index contributed by atoms with van der Waals surface area (Å²) < 4.78 is 0. The minimum absolute atomic E-state index is 0. The number of rotatable bonds is 1. The summed E-state index contributed by atoms with van der Waals surface area (Å²) in [6.45, 7) is 0.858. The van der Waals surface area contributed by atoms with Crippen LogP contribution in [0.3, 0.4) is 0 Å². The van der Waals surface area contributed by atoms with E-state index in [2.05, 4.69) is 5.32 Å². The van der Waals surface area contributed by atoms with E-state index in [0.717, 1.165) is 19.4 Å². The second-order valence-corrected chi connectivity index (χ2v) is 1.99. The average molecular weight is 155 g/mol. The van der Waals surface area contributed by atoms with Gasteiger partial charge in [-0.2, -0.15) is 0 Å². The van der Waals surface area contributed by atoms with Gasteiger partial charge < -0.3 is 11.8 Å². The number of nitrogens with one attached hydrogen (secondary N) is 1. The van der Waals surface area contributed by atoms with E-state index in [1.807, 2.05) is 0 Å². The van der Waals surface area contributed by atoms with Crippen molar-refractivity contribution in [3.05, 3.63) is 0 Å². The van der Waals surface area contributed by atoms with Gasteiger partial charge in [-0.1, -0.05) is 0 Å². The van der Waals surface area contributed by atoms with Gasteiger partial charge in [0, 0.05) is 0 Å². The first-order chi connectivity index (χ1) is 3.80. The van der Waals surface area contributed by atoms with E-state index in [9.17, 15) is 4.79 Å². The predicted octanol–water partition coefficient (Wildman–Crippen LogP) is -3.06. The van der Waals surface area contributed by atoms with Gasteiger partial charge in [0.25, 0.3) is 0 Å². The van der Waals surface area contributed by atoms with Crippen molar-refractivity contribution < 1.29 is 62.7 Å². The molecule has 0 saturated carbocycles. The molecule has 2 N–H and O–H groups in total. The Morgan fingerprint density at radius 3 is 2.67 bits per heavy atom. The van der Waals surface area contributed by atoms with Crippen LogP contribution in [0.5, 0.6) is 0 Å². The minimum Gasteiger partial charge on any atom is -1.00 e. The monoisotopic (exact) mass is 155 g/mol. The third-order valence-electron chi connectivity index (χ3n) is 1.36. The molecule has 1 atom stereocenters. The van der Waals surface area contributed by atoms with Crippen LogP contribution in [0.15, 0.2) is 0 Å². The number of carboxylic acids is 1. The molecule has 4 heteroatoms. The van der Waals surface area contributed by atoms with Gasteiger partial charge in [-0.3, -0.25) is 4.79 Å². The molecule has 1 saturated heterocycles. The number of carboxylic acid groups (broad SMARTS) is 1. The van der Waals surface area contributed by atoms with Crippen molar-refractivity contribution in [1.29, 1.82) is 0 Å². The van der Waals surface area contributed by atoms with Gasteiger partial charge in [0.15, 0.2) is 0 Å². The summed E-state index contributed by atoms with van der Waals surface area (Å²) in [6.07, 6.45) is 1.78. The number of hydrogen-bond donors (Lipinski definition) is 2. The molecule has 3 nitrogen and oxygen atoms in total. The summed E-state index contributed by atoms with van der Waals surface area (Å²) in [5, 5.41) is 11.2. The Hall–Kier alpha value is 1.07. The summed E-state index contributed by atoms with van der Waals surface area (Å²) >= 11 is 0. The predicted molar refractivity (Wildman–Crippen MR) is 29.8 cm³/mol. The molecular formula is C5H10KNO2. The maximum atomic E-state index is 10.1. The fourth-order valence-electron chi connectivity index (χ4n) is 0.895. The number of carbonyl (C=O) groups is 1.